The zero-order valence-corrected chi connectivity index (χ0v) is 15.8. The van der Waals surface area contributed by atoms with E-state index >= 15 is 0 Å². The molecule has 3 heteroatoms. The van der Waals surface area contributed by atoms with E-state index in [1.165, 1.54) is 11.1 Å². The molecule has 0 bridgehead atoms. The van der Waals surface area contributed by atoms with E-state index in [4.69, 9.17) is 4.74 Å². The van der Waals surface area contributed by atoms with Gasteiger partial charge in [-0.1, -0.05) is 47.1 Å². The first kappa shape index (κ1) is 20.9. The first-order chi connectivity index (χ1) is 11.9. The Kier molecular flexibility index (Phi) is 9.56. The number of carbonyl (C=O) groups is 1. The van der Waals surface area contributed by atoms with Crippen molar-refractivity contribution in [1.82, 2.24) is 0 Å². The number of esters is 1. The van der Waals surface area contributed by atoms with E-state index in [1.54, 1.807) is 30.3 Å². The van der Waals surface area contributed by atoms with E-state index in [0.29, 0.717) is 5.56 Å². The van der Waals surface area contributed by atoms with Gasteiger partial charge in [-0.15, -0.1) is 0 Å². The average Bonchev–Trinajstić information content (AvgIpc) is 2.55. The number of rotatable bonds is 9. The molecule has 1 aromatic carbocycles. The van der Waals surface area contributed by atoms with E-state index in [0.717, 1.165) is 31.3 Å². The molecule has 0 saturated heterocycles. The fourth-order valence-corrected chi connectivity index (χ4v) is 2.35. The van der Waals surface area contributed by atoms with Crippen LogP contribution in [0.1, 0.15) is 63.7 Å². The third-order valence-electron chi connectivity index (χ3n) is 3.79. The molecule has 1 rings (SSSR count). The van der Waals surface area contributed by atoms with Gasteiger partial charge in [0.1, 0.15) is 0 Å². The van der Waals surface area contributed by atoms with Crippen molar-refractivity contribution < 1.29 is 14.6 Å². The number of aliphatic hydroxyl groups is 1. The minimum atomic E-state index is -1.21. The summed E-state index contributed by atoms with van der Waals surface area (Å²) >= 11 is 0. The molecule has 0 saturated carbocycles. The van der Waals surface area contributed by atoms with Gasteiger partial charge in [-0.05, 0) is 71.6 Å². The molecule has 136 valence electrons. The Morgan fingerprint density at radius 1 is 1.00 bits per heavy atom. The summed E-state index contributed by atoms with van der Waals surface area (Å²) in [5.74, 6) is -0.521. The van der Waals surface area contributed by atoms with Crippen molar-refractivity contribution in [2.24, 2.45) is 0 Å². The van der Waals surface area contributed by atoms with Crippen molar-refractivity contribution in [3.63, 3.8) is 0 Å². The van der Waals surface area contributed by atoms with E-state index in [1.807, 2.05) is 13.0 Å². The molecule has 3 nitrogen and oxygen atoms in total. The molecule has 1 N–H and O–H groups in total. The van der Waals surface area contributed by atoms with Gasteiger partial charge in [0.25, 0.3) is 0 Å². The number of ether oxygens (including phenoxy) is 1. The number of benzene rings is 1. The standard InChI is InChI=1S/C22H30O3/c1-17(2)10-8-11-18(3)12-9-13-19(4)16-21(23)25-22(24)20-14-6-5-7-15-20/h5-7,10,12,14-16,21,23H,8-9,11,13H2,1-4H3/b18-12+,19-16+. The maximum Gasteiger partial charge on any atom is 0.340 e. The van der Waals surface area contributed by atoms with Crippen molar-refractivity contribution in [2.75, 3.05) is 0 Å². The summed E-state index contributed by atoms with van der Waals surface area (Å²) in [4.78, 5) is 11.9. The molecule has 0 radical (unpaired) electrons. The van der Waals surface area contributed by atoms with Gasteiger partial charge in [-0.25, -0.2) is 4.79 Å². The van der Waals surface area contributed by atoms with Crippen LogP contribution in [-0.4, -0.2) is 17.4 Å². The van der Waals surface area contributed by atoms with Crippen LogP contribution in [0.25, 0.3) is 0 Å². The fraction of sp³-hybridized carbons (Fsp3) is 0.409. The highest BCUT2D eigenvalue weighted by Gasteiger charge is 2.10. The lowest BCUT2D eigenvalue weighted by Crippen LogP contribution is -2.15. The minimum absolute atomic E-state index is 0.433. The Morgan fingerprint density at radius 3 is 2.24 bits per heavy atom. The summed E-state index contributed by atoms with van der Waals surface area (Å²) in [5, 5.41) is 9.89. The molecule has 1 aromatic rings. The SMILES string of the molecule is CC(C)=CCC/C(C)=C/CC/C(C)=C/C(O)OC(=O)c1ccccc1. The van der Waals surface area contributed by atoms with Crippen molar-refractivity contribution in [3.05, 3.63) is 70.8 Å². The zero-order chi connectivity index (χ0) is 18.7. The van der Waals surface area contributed by atoms with Crippen LogP contribution in [0.5, 0.6) is 0 Å². The summed E-state index contributed by atoms with van der Waals surface area (Å²) in [6.45, 7) is 8.31. The minimum Gasteiger partial charge on any atom is -0.429 e. The second kappa shape index (κ2) is 11.4. The Balaban J connectivity index is 2.39. The molecule has 25 heavy (non-hydrogen) atoms. The number of carbonyl (C=O) groups excluding carboxylic acids is 1. The topological polar surface area (TPSA) is 46.5 Å². The van der Waals surface area contributed by atoms with E-state index < -0.39 is 12.3 Å². The maximum atomic E-state index is 11.9. The van der Waals surface area contributed by atoms with Crippen LogP contribution in [-0.2, 0) is 4.74 Å². The summed E-state index contributed by atoms with van der Waals surface area (Å²) in [6, 6.07) is 8.67. The van der Waals surface area contributed by atoms with Crippen LogP contribution in [0, 0.1) is 0 Å². The van der Waals surface area contributed by atoms with Gasteiger partial charge in [-0.3, -0.25) is 0 Å². The van der Waals surface area contributed by atoms with Gasteiger partial charge >= 0.3 is 5.97 Å². The van der Waals surface area contributed by atoms with Crippen molar-refractivity contribution in [2.45, 2.75) is 59.7 Å². The van der Waals surface area contributed by atoms with Crippen LogP contribution < -0.4 is 0 Å². The quantitative estimate of drug-likeness (QED) is 0.362. The molecule has 1 unspecified atom stereocenters. The van der Waals surface area contributed by atoms with Gasteiger partial charge in [-0.2, -0.15) is 0 Å². The van der Waals surface area contributed by atoms with E-state index in [2.05, 4.69) is 32.9 Å². The Hall–Kier alpha value is -2.13. The van der Waals surface area contributed by atoms with E-state index in [-0.39, 0.29) is 0 Å². The Bertz CT molecular complexity index is 620. The number of aliphatic hydroxyl groups excluding tert-OH is 1. The van der Waals surface area contributed by atoms with Crippen molar-refractivity contribution in [3.8, 4) is 0 Å². The molecule has 0 aliphatic carbocycles. The summed E-state index contributed by atoms with van der Waals surface area (Å²) in [5.41, 5.74) is 4.16. The third-order valence-corrected chi connectivity index (χ3v) is 3.79. The third kappa shape index (κ3) is 9.68. The Labute approximate surface area is 151 Å². The molecule has 0 heterocycles. The number of hydrogen-bond donors (Lipinski definition) is 1. The number of allylic oxidation sites excluding steroid dienone is 5. The normalized spacial score (nSPS) is 13.3. The molecule has 1 atom stereocenters. The van der Waals surface area contributed by atoms with Crippen LogP contribution in [0.3, 0.4) is 0 Å². The van der Waals surface area contributed by atoms with Crippen LogP contribution >= 0.6 is 0 Å². The summed E-state index contributed by atoms with van der Waals surface area (Å²) in [7, 11) is 0. The fourth-order valence-electron chi connectivity index (χ4n) is 2.35. The van der Waals surface area contributed by atoms with Crippen LogP contribution in [0.15, 0.2) is 65.3 Å². The summed E-state index contributed by atoms with van der Waals surface area (Å²) in [6.07, 6.45) is 8.77. The maximum absolute atomic E-state index is 11.9. The molecular formula is C22H30O3. The van der Waals surface area contributed by atoms with Crippen LogP contribution in [0.2, 0.25) is 0 Å². The first-order valence-electron chi connectivity index (χ1n) is 8.79. The second-order valence-electron chi connectivity index (χ2n) is 6.58. The smallest absolute Gasteiger partial charge is 0.340 e. The summed E-state index contributed by atoms with van der Waals surface area (Å²) < 4.78 is 5.03. The molecule has 0 amide bonds. The largest absolute Gasteiger partial charge is 0.429 e. The lowest BCUT2D eigenvalue weighted by atomic mass is 10.1. The van der Waals surface area contributed by atoms with Gasteiger partial charge in [0.15, 0.2) is 0 Å². The highest BCUT2D eigenvalue weighted by atomic mass is 16.6. The van der Waals surface area contributed by atoms with Crippen LogP contribution in [0.4, 0.5) is 0 Å². The highest BCUT2D eigenvalue weighted by molar-refractivity contribution is 5.89. The lowest BCUT2D eigenvalue weighted by Gasteiger charge is -2.10. The molecule has 0 aliphatic rings. The Morgan fingerprint density at radius 2 is 1.60 bits per heavy atom. The van der Waals surface area contributed by atoms with Gasteiger partial charge < -0.3 is 9.84 Å². The zero-order valence-electron chi connectivity index (χ0n) is 15.8. The lowest BCUT2D eigenvalue weighted by molar-refractivity contribution is -0.0356. The predicted molar refractivity (Wildman–Crippen MR) is 103 cm³/mol. The molecule has 0 spiro atoms. The van der Waals surface area contributed by atoms with Crippen molar-refractivity contribution >= 4 is 5.97 Å². The molecular weight excluding hydrogens is 312 g/mol. The van der Waals surface area contributed by atoms with Gasteiger partial charge in [0, 0.05) is 0 Å². The average molecular weight is 342 g/mol. The highest BCUT2D eigenvalue weighted by Crippen LogP contribution is 2.12. The molecule has 0 aliphatic heterocycles. The first-order valence-corrected chi connectivity index (χ1v) is 8.79. The second-order valence-corrected chi connectivity index (χ2v) is 6.58. The number of hydrogen-bond acceptors (Lipinski definition) is 3. The molecule has 0 aromatic heterocycles. The van der Waals surface area contributed by atoms with Gasteiger partial charge in [0.2, 0.25) is 6.29 Å². The van der Waals surface area contributed by atoms with E-state index in [9.17, 15) is 9.90 Å². The molecule has 0 fully saturated rings. The van der Waals surface area contributed by atoms with Crippen molar-refractivity contribution in [1.29, 1.82) is 0 Å². The monoisotopic (exact) mass is 342 g/mol. The van der Waals surface area contributed by atoms with Gasteiger partial charge in [0.05, 0.1) is 5.56 Å². The predicted octanol–water partition coefficient (Wildman–Crippen LogP) is 5.58.